The molecule has 0 radical (unpaired) electrons. The van der Waals surface area contributed by atoms with Crippen molar-refractivity contribution in [2.24, 2.45) is 11.8 Å². The maximum Gasteiger partial charge on any atom is 0.0384 e. The summed E-state index contributed by atoms with van der Waals surface area (Å²) in [7, 11) is 0. The van der Waals surface area contributed by atoms with Crippen LogP contribution in [0.3, 0.4) is 0 Å². The van der Waals surface area contributed by atoms with E-state index in [9.17, 15) is 0 Å². The molecule has 0 bridgehead atoms. The Morgan fingerprint density at radius 2 is 1.00 bits per heavy atom. The van der Waals surface area contributed by atoms with Crippen LogP contribution in [0.15, 0.2) is 48.5 Å². The number of benzene rings is 2. The smallest absolute Gasteiger partial charge is 0.0384 e. The van der Waals surface area contributed by atoms with Crippen LogP contribution in [0.25, 0.3) is 0 Å². The first-order chi connectivity index (χ1) is 12.1. The maximum absolute atomic E-state index is 3.51. The normalized spacial score (nSPS) is 13.4. The zero-order chi connectivity index (χ0) is 18.1. The van der Waals surface area contributed by atoms with Crippen molar-refractivity contribution in [1.29, 1.82) is 0 Å². The molecular weight excluding hydrogens is 302 g/mol. The van der Waals surface area contributed by atoms with Gasteiger partial charge in [-0.25, -0.2) is 0 Å². The fraction of sp³-hybridized carbons (Fsp3) is 0.500. The van der Waals surface area contributed by atoms with E-state index < -0.39 is 0 Å². The van der Waals surface area contributed by atoms with Gasteiger partial charge in [-0.05, 0) is 72.9 Å². The Morgan fingerprint density at radius 1 is 0.640 bits per heavy atom. The van der Waals surface area contributed by atoms with E-state index in [4.69, 9.17) is 0 Å². The Balaban J connectivity index is 1.85. The second kappa shape index (κ2) is 10.3. The molecule has 25 heavy (non-hydrogen) atoms. The van der Waals surface area contributed by atoms with Gasteiger partial charge < -0.3 is 5.32 Å². The van der Waals surface area contributed by atoms with E-state index >= 15 is 0 Å². The summed E-state index contributed by atoms with van der Waals surface area (Å²) >= 11 is 0. The van der Waals surface area contributed by atoms with Gasteiger partial charge in [-0.2, -0.15) is 0 Å². The molecule has 0 aromatic heterocycles. The van der Waals surface area contributed by atoms with Crippen molar-refractivity contribution in [1.82, 2.24) is 0 Å². The molecule has 2 atom stereocenters. The lowest BCUT2D eigenvalue weighted by Crippen LogP contribution is -1.97. The average Bonchev–Trinajstić information content (AvgIpc) is 2.66. The van der Waals surface area contributed by atoms with Crippen LogP contribution in [0, 0.1) is 11.8 Å². The Labute approximate surface area is 154 Å². The van der Waals surface area contributed by atoms with E-state index in [1.807, 2.05) is 0 Å². The standard InChI is InChI=1S/C24H35N/c1-5-19(3)7-9-21-11-15-23(16-12-21)25-24-17-13-22(14-18-24)10-8-20(4)6-2/h11-20,25H,5-10H2,1-4H3. The first kappa shape index (κ1) is 19.6. The van der Waals surface area contributed by atoms with Crippen molar-refractivity contribution in [3.63, 3.8) is 0 Å². The van der Waals surface area contributed by atoms with Crippen LogP contribution in [0.2, 0.25) is 0 Å². The van der Waals surface area contributed by atoms with Crippen LogP contribution in [0.5, 0.6) is 0 Å². The van der Waals surface area contributed by atoms with Gasteiger partial charge in [0.05, 0.1) is 0 Å². The lowest BCUT2D eigenvalue weighted by Gasteiger charge is -2.11. The molecule has 0 saturated heterocycles. The largest absolute Gasteiger partial charge is 0.356 e. The Bertz CT molecular complexity index is 541. The Kier molecular flexibility index (Phi) is 8.04. The van der Waals surface area contributed by atoms with E-state index in [0.717, 1.165) is 11.8 Å². The SMILES string of the molecule is CCC(C)CCc1ccc(Nc2ccc(CCC(C)CC)cc2)cc1. The molecule has 136 valence electrons. The van der Waals surface area contributed by atoms with Crippen LogP contribution in [0.4, 0.5) is 11.4 Å². The van der Waals surface area contributed by atoms with Crippen molar-refractivity contribution in [2.45, 2.75) is 66.2 Å². The third kappa shape index (κ3) is 6.94. The zero-order valence-electron chi connectivity index (χ0n) is 16.5. The molecule has 1 nitrogen and oxygen atoms in total. The van der Waals surface area contributed by atoms with Crippen molar-refractivity contribution >= 4 is 11.4 Å². The summed E-state index contributed by atoms with van der Waals surface area (Å²) in [5, 5.41) is 3.51. The van der Waals surface area contributed by atoms with E-state index in [1.165, 1.54) is 61.0 Å². The summed E-state index contributed by atoms with van der Waals surface area (Å²) in [6, 6.07) is 17.8. The van der Waals surface area contributed by atoms with Crippen molar-refractivity contribution in [2.75, 3.05) is 5.32 Å². The minimum Gasteiger partial charge on any atom is -0.356 e. The predicted molar refractivity (Wildman–Crippen MR) is 112 cm³/mol. The molecular formula is C24H35N. The lowest BCUT2D eigenvalue weighted by atomic mass is 9.99. The van der Waals surface area contributed by atoms with E-state index in [1.54, 1.807) is 0 Å². The fourth-order valence-corrected chi connectivity index (χ4v) is 2.91. The van der Waals surface area contributed by atoms with E-state index in [0.29, 0.717) is 0 Å². The second-order valence-corrected chi connectivity index (χ2v) is 7.62. The molecule has 1 N–H and O–H groups in total. The number of aryl methyl sites for hydroxylation is 2. The van der Waals surface area contributed by atoms with Gasteiger partial charge in [0.25, 0.3) is 0 Å². The molecule has 0 aliphatic heterocycles. The first-order valence-electron chi connectivity index (χ1n) is 10.1. The number of rotatable bonds is 10. The Hall–Kier alpha value is -1.76. The fourth-order valence-electron chi connectivity index (χ4n) is 2.91. The molecule has 2 rings (SSSR count). The number of hydrogen-bond donors (Lipinski definition) is 1. The van der Waals surface area contributed by atoms with Gasteiger partial charge in [-0.1, -0.05) is 64.8 Å². The molecule has 2 aromatic carbocycles. The summed E-state index contributed by atoms with van der Waals surface area (Å²) < 4.78 is 0. The van der Waals surface area contributed by atoms with Gasteiger partial charge in [-0.3, -0.25) is 0 Å². The summed E-state index contributed by atoms with van der Waals surface area (Å²) in [6.07, 6.45) is 7.46. The van der Waals surface area contributed by atoms with E-state index in [2.05, 4.69) is 81.5 Å². The van der Waals surface area contributed by atoms with Gasteiger partial charge >= 0.3 is 0 Å². The first-order valence-corrected chi connectivity index (χ1v) is 10.1. The quantitative estimate of drug-likeness (QED) is 0.476. The van der Waals surface area contributed by atoms with E-state index in [-0.39, 0.29) is 0 Å². The number of hydrogen-bond acceptors (Lipinski definition) is 1. The van der Waals surface area contributed by atoms with Crippen LogP contribution in [-0.4, -0.2) is 0 Å². The predicted octanol–water partition coefficient (Wildman–Crippen LogP) is 7.39. The molecule has 1 heteroatoms. The highest BCUT2D eigenvalue weighted by molar-refractivity contribution is 5.60. The third-order valence-electron chi connectivity index (χ3n) is 5.44. The Morgan fingerprint density at radius 3 is 1.32 bits per heavy atom. The van der Waals surface area contributed by atoms with Crippen molar-refractivity contribution in [3.8, 4) is 0 Å². The lowest BCUT2D eigenvalue weighted by molar-refractivity contribution is 0.516. The monoisotopic (exact) mass is 337 g/mol. The molecule has 0 aliphatic carbocycles. The highest BCUT2D eigenvalue weighted by atomic mass is 14.9. The van der Waals surface area contributed by atoms with Crippen molar-refractivity contribution < 1.29 is 0 Å². The van der Waals surface area contributed by atoms with Gasteiger partial charge in [0, 0.05) is 11.4 Å². The summed E-state index contributed by atoms with van der Waals surface area (Å²) in [5.41, 5.74) is 5.21. The minimum atomic E-state index is 0.816. The van der Waals surface area contributed by atoms with Crippen LogP contribution in [0.1, 0.15) is 64.5 Å². The average molecular weight is 338 g/mol. The highest BCUT2D eigenvalue weighted by Crippen LogP contribution is 2.20. The van der Waals surface area contributed by atoms with Crippen LogP contribution < -0.4 is 5.32 Å². The zero-order valence-corrected chi connectivity index (χ0v) is 16.5. The summed E-state index contributed by atoms with van der Waals surface area (Å²) in [5.74, 6) is 1.63. The molecule has 0 spiro atoms. The molecule has 0 fully saturated rings. The van der Waals surface area contributed by atoms with Gasteiger partial charge in [0.15, 0.2) is 0 Å². The minimum absolute atomic E-state index is 0.816. The molecule has 0 amide bonds. The molecule has 0 saturated carbocycles. The topological polar surface area (TPSA) is 12.0 Å². The van der Waals surface area contributed by atoms with Gasteiger partial charge in [0.1, 0.15) is 0 Å². The maximum atomic E-state index is 3.51. The van der Waals surface area contributed by atoms with Gasteiger partial charge in [-0.15, -0.1) is 0 Å². The molecule has 2 aromatic rings. The third-order valence-corrected chi connectivity index (χ3v) is 5.44. The number of anilines is 2. The second-order valence-electron chi connectivity index (χ2n) is 7.62. The van der Waals surface area contributed by atoms with Crippen molar-refractivity contribution in [3.05, 3.63) is 59.7 Å². The molecule has 0 heterocycles. The highest BCUT2D eigenvalue weighted by Gasteiger charge is 2.02. The van der Waals surface area contributed by atoms with Crippen LogP contribution >= 0.6 is 0 Å². The summed E-state index contributed by atoms with van der Waals surface area (Å²) in [6.45, 7) is 9.21. The molecule has 2 unspecified atom stereocenters. The van der Waals surface area contributed by atoms with Crippen LogP contribution in [-0.2, 0) is 12.8 Å². The van der Waals surface area contributed by atoms with Gasteiger partial charge in [0.2, 0.25) is 0 Å². The summed E-state index contributed by atoms with van der Waals surface area (Å²) in [4.78, 5) is 0. The number of nitrogens with one attached hydrogen (secondary N) is 1. The molecule has 0 aliphatic rings.